The van der Waals surface area contributed by atoms with E-state index in [-0.39, 0.29) is 0 Å². The molecule has 0 unspecified atom stereocenters. The molecule has 0 aliphatic rings. The van der Waals surface area contributed by atoms with Crippen LogP contribution in [0.3, 0.4) is 0 Å². The Morgan fingerprint density at radius 1 is 0.583 bits per heavy atom. The molecule has 0 aromatic carbocycles. The third-order valence-corrected chi connectivity index (χ3v) is 3.61. The lowest BCUT2D eigenvalue weighted by Gasteiger charge is -2.04. The van der Waals surface area contributed by atoms with Crippen LogP contribution in [0.15, 0.2) is 55.4 Å². The van der Waals surface area contributed by atoms with Crippen LogP contribution in [-0.2, 0) is 0 Å². The normalized spacial score (nSPS) is 11.3. The third kappa shape index (κ3) is 1.99. The van der Waals surface area contributed by atoms with Crippen LogP contribution < -0.4 is 0 Å². The lowest BCUT2D eigenvalue weighted by atomic mass is 10.2. The van der Waals surface area contributed by atoms with Crippen LogP contribution in [0.4, 0.5) is 0 Å². The first-order chi connectivity index (χ1) is 11.9. The lowest BCUT2D eigenvalue weighted by Crippen LogP contribution is -1.96. The van der Waals surface area contributed by atoms with Crippen LogP contribution in [0.1, 0.15) is 0 Å². The maximum atomic E-state index is 4.66. The Morgan fingerprint density at radius 3 is 1.62 bits per heavy atom. The second kappa shape index (κ2) is 4.88. The van der Waals surface area contributed by atoms with Gasteiger partial charge in [0.2, 0.25) is 0 Å². The molecule has 5 aromatic rings. The summed E-state index contributed by atoms with van der Waals surface area (Å²) >= 11 is 0. The van der Waals surface area contributed by atoms with Gasteiger partial charge in [0.25, 0.3) is 11.6 Å². The van der Waals surface area contributed by atoms with Crippen molar-refractivity contribution < 1.29 is 0 Å². The van der Waals surface area contributed by atoms with E-state index in [1.54, 1.807) is 21.5 Å². The summed E-state index contributed by atoms with van der Waals surface area (Å²) in [5, 5.41) is 15.6. The van der Waals surface area contributed by atoms with Crippen molar-refractivity contribution in [2.24, 2.45) is 0 Å². The van der Waals surface area contributed by atoms with E-state index in [9.17, 15) is 0 Å². The molecule has 5 rings (SSSR count). The maximum absolute atomic E-state index is 4.66. The molecule has 9 nitrogen and oxygen atoms in total. The molecule has 0 aliphatic heterocycles. The fraction of sp³-hybridized carbons (Fsp3) is 0. The largest absolute Gasteiger partial charge is 0.273 e. The van der Waals surface area contributed by atoms with E-state index in [0.717, 1.165) is 22.8 Å². The number of nitrogens with zero attached hydrogens (tertiary/aromatic N) is 9. The van der Waals surface area contributed by atoms with Gasteiger partial charge < -0.3 is 0 Å². The van der Waals surface area contributed by atoms with E-state index in [4.69, 9.17) is 0 Å². The summed E-state index contributed by atoms with van der Waals surface area (Å²) in [6, 6.07) is 9.46. The van der Waals surface area contributed by atoms with Gasteiger partial charge in [-0.25, -0.2) is 15.0 Å². The average Bonchev–Trinajstić information content (AvgIpc) is 3.29. The summed E-state index contributed by atoms with van der Waals surface area (Å²) in [4.78, 5) is 13.6. The number of fused-ring (bicyclic) bond motifs is 2. The summed E-state index contributed by atoms with van der Waals surface area (Å²) in [6.07, 6.45) is 6.92. The summed E-state index contributed by atoms with van der Waals surface area (Å²) in [6.45, 7) is 0. The zero-order valence-corrected chi connectivity index (χ0v) is 12.2. The highest BCUT2D eigenvalue weighted by Crippen LogP contribution is 2.20. The smallest absolute Gasteiger partial charge is 0.255 e. The monoisotopic (exact) mass is 315 g/mol. The quantitative estimate of drug-likeness (QED) is 0.484. The van der Waals surface area contributed by atoms with Gasteiger partial charge in [0.15, 0.2) is 0 Å². The van der Waals surface area contributed by atoms with E-state index in [1.165, 1.54) is 0 Å². The van der Waals surface area contributed by atoms with Crippen molar-refractivity contribution in [1.29, 1.82) is 0 Å². The molecule has 114 valence electrons. The SMILES string of the molecule is c1cc(-c2ccn3cnnc3n2)nc(-c2ccn3cnnc3n2)c1. The molecule has 0 bridgehead atoms. The van der Waals surface area contributed by atoms with Gasteiger partial charge in [-0.05, 0) is 24.3 Å². The number of aromatic nitrogens is 9. The Kier molecular flexibility index (Phi) is 2.59. The summed E-state index contributed by atoms with van der Waals surface area (Å²) in [5.41, 5.74) is 2.92. The minimum atomic E-state index is 0.530. The fourth-order valence-electron chi connectivity index (χ4n) is 2.44. The molecule has 0 saturated heterocycles. The molecule has 0 amide bonds. The molecule has 0 aliphatic carbocycles. The Morgan fingerprint density at radius 2 is 1.08 bits per heavy atom. The predicted molar refractivity (Wildman–Crippen MR) is 83.8 cm³/mol. The van der Waals surface area contributed by atoms with Crippen LogP contribution in [0, 0.1) is 0 Å². The van der Waals surface area contributed by atoms with Gasteiger partial charge in [-0.2, -0.15) is 0 Å². The van der Waals surface area contributed by atoms with Crippen molar-refractivity contribution in [2.45, 2.75) is 0 Å². The average molecular weight is 315 g/mol. The van der Waals surface area contributed by atoms with Gasteiger partial charge in [0.1, 0.15) is 12.7 Å². The van der Waals surface area contributed by atoms with Crippen molar-refractivity contribution in [2.75, 3.05) is 0 Å². The molecular weight excluding hydrogens is 306 g/mol. The molecule has 9 heteroatoms. The van der Waals surface area contributed by atoms with Crippen LogP contribution >= 0.6 is 0 Å². The zero-order chi connectivity index (χ0) is 15.9. The fourth-order valence-corrected chi connectivity index (χ4v) is 2.44. The van der Waals surface area contributed by atoms with Crippen LogP contribution in [0.5, 0.6) is 0 Å². The summed E-state index contributed by atoms with van der Waals surface area (Å²) < 4.78 is 3.49. The number of pyridine rings is 1. The Labute approximate surface area is 134 Å². The van der Waals surface area contributed by atoms with Gasteiger partial charge in [0, 0.05) is 12.4 Å². The molecule has 0 radical (unpaired) electrons. The highest BCUT2D eigenvalue weighted by atomic mass is 15.3. The van der Waals surface area contributed by atoms with Crippen molar-refractivity contribution in [3.8, 4) is 22.8 Å². The highest BCUT2D eigenvalue weighted by molar-refractivity contribution is 5.63. The molecule has 0 atom stereocenters. The first-order valence-electron chi connectivity index (χ1n) is 7.17. The van der Waals surface area contributed by atoms with Gasteiger partial charge in [-0.1, -0.05) is 6.07 Å². The highest BCUT2D eigenvalue weighted by Gasteiger charge is 2.08. The Hall–Kier alpha value is -3.75. The van der Waals surface area contributed by atoms with Crippen LogP contribution in [0.2, 0.25) is 0 Å². The second-order valence-electron chi connectivity index (χ2n) is 5.11. The van der Waals surface area contributed by atoms with E-state index >= 15 is 0 Å². The molecule has 5 aromatic heterocycles. The number of hydrogen-bond donors (Lipinski definition) is 0. The van der Waals surface area contributed by atoms with Crippen molar-refractivity contribution >= 4 is 11.6 Å². The molecule has 0 saturated carbocycles. The van der Waals surface area contributed by atoms with E-state index in [0.29, 0.717) is 11.6 Å². The Balaban J connectivity index is 1.62. The molecule has 24 heavy (non-hydrogen) atoms. The van der Waals surface area contributed by atoms with Crippen LogP contribution in [0.25, 0.3) is 34.3 Å². The second-order valence-corrected chi connectivity index (χ2v) is 5.11. The van der Waals surface area contributed by atoms with Gasteiger partial charge >= 0.3 is 0 Å². The summed E-state index contributed by atoms with van der Waals surface area (Å²) in [5.74, 6) is 1.06. The van der Waals surface area contributed by atoms with E-state index in [2.05, 4.69) is 35.3 Å². The topological polar surface area (TPSA) is 99.0 Å². The maximum Gasteiger partial charge on any atom is 0.255 e. The molecule has 0 spiro atoms. The van der Waals surface area contributed by atoms with Crippen molar-refractivity contribution in [3.05, 3.63) is 55.4 Å². The van der Waals surface area contributed by atoms with Gasteiger partial charge in [0.05, 0.1) is 22.8 Å². The third-order valence-electron chi connectivity index (χ3n) is 3.61. The number of hydrogen-bond acceptors (Lipinski definition) is 7. The molecule has 0 fully saturated rings. The van der Waals surface area contributed by atoms with E-state index < -0.39 is 0 Å². The summed E-state index contributed by atoms with van der Waals surface area (Å²) in [7, 11) is 0. The van der Waals surface area contributed by atoms with Crippen molar-refractivity contribution in [1.82, 2.24) is 44.1 Å². The van der Waals surface area contributed by atoms with Gasteiger partial charge in [-0.3, -0.25) is 8.80 Å². The van der Waals surface area contributed by atoms with Gasteiger partial charge in [-0.15, -0.1) is 20.4 Å². The standard InChI is InChI=1S/C15H9N9/c1-2-10(12-4-6-23-8-16-21-14(23)19-12)18-11(3-1)13-5-7-24-9-17-22-15(24)20-13/h1-9H. The molecule has 5 heterocycles. The zero-order valence-electron chi connectivity index (χ0n) is 12.2. The number of rotatable bonds is 2. The molecular formula is C15H9N9. The predicted octanol–water partition coefficient (Wildman–Crippen LogP) is 1.29. The van der Waals surface area contributed by atoms with Crippen molar-refractivity contribution in [3.63, 3.8) is 0 Å². The lowest BCUT2D eigenvalue weighted by molar-refractivity contribution is 1.09. The molecule has 0 N–H and O–H groups in total. The van der Waals surface area contributed by atoms with Crippen LogP contribution in [-0.4, -0.2) is 44.1 Å². The van der Waals surface area contributed by atoms with E-state index in [1.807, 2.05) is 42.7 Å². The first-order valence-corrected chi connectivity index (χ1v) is 7.17. The minimum Gasteiger partial charge on any atom is -0.273 e. The minimum absolute atomic E-state index is 0.530. The first kappa shape index (κ1) is 12.8. The Bertz CT molecular complexity index is 1080.